The summed E-state index contributed by atoms with van der Waals surface area (Å²) in [6.07, 6.45) is -0.294. The lowest BCUT2D eigenvalue weighted by Gasteiger charge is -2.07. The van der Waals surface area contributed by atoms with Crippen molar-refractivity contribution in [1.29, 1.82) is 0 Å². The Balaban J connectivity index is 2.58. The number of Topliss-reactive ketones (excluding diaryl/α,β-unsaturated/α-hetero) is 1. The summed E-state index contributed by atoms with van der Waals surface area (Å²) in [5.74, 6) is 0.430. The maximum Gasteiger partial charge on any atom is 0.362 e. The molecule has 1 rings (SSSR count). The third-order valence-corrected chi connectivity index (χ3v) is 2.24. The van der Waals surface area contributed by atoms with Crippen molar-refractivity contribution in [3.63, 3.8) is 0 Å². The van der Waals surface area contributed by atoms with Gasteiger partial charge in [0.05, 0.1) is 0 Å². The summed E-state index contributed by atoms with van der Waals surface area (Å²) in [6, 6.07) is 6.54. The van der Waals surface area contributed by atoms with Crippen LogP contribution >= 0.6 is 7.60 Å². The highest BCUT2D eigenvalue weighted by Gasteiger charge is 2.13. The van der Waals surface area contributed by atoms with Crippen LogP contribution in [-0.4, -0.2) is 21.9 Å². The third kappa shape index (κ3) is 5.07. The third-order valence-electron chi connectivity index (χ3n) is 1.78. The second-order valence-electron chi connectivity index (χ2n) is 3.46. The van der Waals surface area contributed by atoms with E-state index in [2.05, 4.69) is 0 Å². The molecule has 0 saturated carbocycles. The van der Waals surface area contributed by atoms with Crippen molar-refractivity contribution < 1.29 is 23.9 Å². The van der Waals surface area contributed by atoms with E-state index in [1.807, 2.05) is 0 Å². The van der Waals surface area contributed by atoms with Gasteiger partial charge in [0.2, 0.25) is 0 Å². The van der Waals surface area contributed by atoms with Crippen molar-refractivity contribution in [2.75, 3.05) is 6.35 Å². The number of ketones is 1. The molecule has 0 spiro atoms. The van der Waals surface area contributed by atoms with E-state index in [0.717, 1.165) is 5.56 Å². The lowest BCUT2D eigenvalue weighted by Crippen LogP contribution is -1.99. The first-order valence-electron chi connectivity index (χ1n) is 4.62. The van der Waals surface area contributed by atoms with E-state index in [-0.39, 0.29) is 5.78 Å². The minimum Gasteiger partial charge on any atom is -0.481 e. The molecule has 0 aromatic heterocycles. The van der Waals surface area contributed by atoms with Crippen LogP contribution in [0.15, 0.2) is 24.3 Å². The second-order valence-corrected chi connectivity index (χ2v) is 5.05. The first-order valence-corrected chi connectivity index (χ1v) is 6.42. The molecular weight excluding hydrogens is 231 g/mol. The number of benzene rings is 1. The number of hydrogen-bond acceptors (Lipinski definition) is 3. The zero-order valence-corrected chi connectivity index (χ0v) is 9.68. The Hall–Kier alpha value is -1.16. The molecule has 5 nitrogen and oxygen atoms in total. The van der Waals surface area contributed by atoms with Crippen molar-refractivity contribution in [1.82, 2.24) is 0 Å². The molecule has 0 bridgehead atoms. The maximum atomic E-state index is 10.8. The predicted octanol–water partition coefficient (Wildman–Crippen LogP) is 1.33. The first-order chi connectivity index (χ1) is 7.37. The smallest absolute Gasteiger partial charge is 0.362 e. The van der Waals surface area contributed by atoms with Gasteiger partial charge in [0.1, 0.15) is 11.5 Å². The van der Waals surface area contributed by atoms with Crippen molar-refractivity contribution in [3.8, 4) is 5.75 Å². The van der Waals surface area contributed by atoms with Gasteiger partial charge in [-0.15, -0.1) is 0 Å². The van der Waals surface area contributed by atoms with Gasteiger partial charge < -0.3 is 14.5 Å². The molecule has 88 valence electrons. The molecule has 0 atom stereocenters. The number of ether oxygens (including phenoxy) is 1. The minimum absolute atomic E-state index is 0.0592. The van der Waals surface area contributed by atoms with Crippen LogP contribution < -0.4 is 4.74 Å². The number of rotatable bonds is 5. The average molecular weight is 244 g/mol. The standard InChI is InChI=1S/C10H13O5P/c1-8(11)6-9-2-4-10(5-3-9)15-7-16(12,13)14/h2-5H,6-7H2,1H3,(H2,12,13,14). The molecular formula is C10H13O5P. The highest BCUT2D eigenvalue weighted by atomic mass is 31.2. The molecule has 0 aliphatic carbocycles. The molecule has 2 N–H and O–H groups in total. The van der Waals surface area contributed by atoms with Crippen molar-refractivity contribution in [3.05, 3.63) is 29.8 Å². The highest BCUT2D eigenvalue weighted by molar-refractivity contribution is 7.51. The van der Waals surface area contributed by atoms with Crippen LogP contribution in [0.1, 0.15) is 12.5 Å². The SMILES string of the molecule is CC(=O)Cc1ccc(OCP(=O)(O)O)cc1. The predicted molar refractivity (Wildman–Crippen MR) is 58.4 cm³/mol. The van der Waals surface area contributed by atoms with Gasteiger partial charge in [-0.2, -0.15) is 0 Å². The van der Waals surface area contributed by atoms with E-state index >= 15 is 0 Å². The van der Waals surface area contributed by atoms with E-state index in [4.69, 9.17) is 14.5 Å². The Morgan fingerprint density at radius 2 is 1.88 bits per heavy atom. The molecule has 0 aliphatic heterocycles. The molecule has 0 aliphatic rings. The van der Waals surface area contributed by atoms with Gasteiger partial charge in [0, 0.05) is 6.42 Å². The molecule has 0 amide bonds. The Bertz CT molecular complexity index is 406. The summed E-state index contributed by atoms with van der Waals surface area (Å²) in [5, 5.41) is 0. The molecule has 1 aromatic carbocycles. The Morgan fingerprint density at radius 3 is 2.31 bits per heavy atom. The van der Waals surface area contributed by atoms with Crippen molar-refractivity contribution in [2.24, 2.45) is 0 Å². The summed E-state index contributed by atoms with van der Waals surface area (Å²) in [4.78, 5) is 28.0. The molecule has 6 heteroatoms. The highest BCUT2D eigenvalue weighted by Crippen LogP contribution is 2.34. The van der Waals surface area contributed by atoms with Gasteiger partial charge >= 0.3 is 7.60 Å². The fourth-order valence-electron chi connectivity index (χ4n) is 1.15. The van der Waals surface area contributed by atoms with Crippen LogP contribution in [0.3, 0.4) is 0 Å². The van der Waals surface area contributed by atoms with Gasteiger partial charge in [-0.1, -0.05) is 12.1 Å². The largest absolute Gasteiger partial charge is 0.481 e. The maximum absolute atomic E-state index is 10.8. The molecule has 0 saturated heterocycles. The fourth-order valence-corrected chi connectivity index (χ4v) is 1.47. The zero-order valence-electron chi connectivity index (χ0n) is 8.79. The number of carbonyl (C=O) groups excluding carboxylic acids is 1. The summed E-state index contributed by atoms with van der Waals surface area (Å²) < 4.78 is 15.4. The van der Waals surface area contributed by atoms with Gasteiger partial charge in [-0.05, 0) is 24.6 Å². The molecule has 0 heterocycles. The Morgan fingerprint density at radius 1 is 1.31 bits per heavy atom. The quantitative estimate of drug-likeness (QED) is 0.763. The van der Waals surface area contributed by atoms with Crippen molar-refractivity contribution >= 4 is 13.4 Å². The summed E-state index contributed by atoms with van der Waals surface area (Å²) in [6.45, 7) is 1.50. The number of carbonyl (C=O) groups is 1. The van der Waals surface area contributed by atoms with Gasteiger partial charge in [-0.3, -0.25) is 9.36 Å². The van der Waals surface area contributed by atoms with E-state index in [1.54, 1.807) is 24.3 Å². The monoisotopic (exact) mass is 244 g/mol. The van der Waals surface area contributed by atoms with Crippen LogP contribution in [0, 0.1) is 0 Å². The lowest BCUT2D eigenvalue weighted by molar-refractivity contribution is -0.116. The summed E-state index contributed by atoms with van der Waals surface area (Å²) in [5.41, 5.74) is 0.844. The average Bonchev–Trinajstić information content (AvgIpc) is 2.14. The molecule has 0 fully saturated rings. The molecule has 16 heavy (non-hydrogen) atoms. The summed E-state index contributed by atoms with van der Waals surface area (Å²) >= 11 is 0. The van der Waals surface area contributed by atoms with Crippen LogP contribution in [0.5, 0.6) is 5.75 Å². The van der Waals surface area contributed by atoms with Crippen LogP contribution in [0.4, 0.5) is 0 Å². The van der Waals surface area contributed by atoms with E-state index in [0.29, 0.717) is 12.2 Å². The van der Waals surface area contributed by atoms with Gasteiger partial charge in [0.25, 0.3) is 0 Å². The zero-order chi connectivity index (χ0) is 12.2. The molecule has 0 unspecified atom stereocenters. The van der Waals surface area contributed by atoms with Crippen LogP contribution in [0.2, 0.25) is 0 Å². The van der Waals surface area contributed by atoms with E-state index in [9.17, 15) is 9.36 Å². The van der Waals surface area contributed by atoms with Gasteiger partial charge in [0.15, 0.2) is 6.35 Å². The van der Waals surface area contributed by atoms with E-state index in [1.165, 1.54) is 6.92 Å². The fraction of sp³-hybridized carbons (Fsp3) is 0.300. The van der Waals surface area contributed by atoms with Gasteiger partial charge in [-0.25, -0.2) is 0 Å². The molecule has 0 radical (unpaired) electrons. The minimum atomic E-state index is -4.14. The topological polar surface area (TPSA) is 83.8 Å². The van der Waals surface area contributed by atoms with Crippen LogP contribution in [-0.2, 0) is 15.8 Å². The first kappa shape index (κ1) is 12.9. The Kier molecular flexibility index (Phi) is 4.24. The lowest BCUT2D eigenvalue weighted by atomic mass is 10.1. The Labute approximate surface area is 93.2 Å². The number of hydrogen-bond donors (Lipinski definition) is 2. The van der Waals surface area contributed by atoms with Crippen molar-refractivity contribution in [2.45, 2.75) is 13.3 Å². The molecule has 1 aromatic rings. The normalized spacial score (nSPS) is 11.2. The summed E-state index contributed by atoms with van der Waals surface area (Å²) in [7, 11) is -4.14. The van der Waals surface area contributed by atoms with Crippen LogP contribution in [0.25, 0.3) is 0 Å². The van der Waals surface area contributed by atoms with E-state index < -0.39 is 13.9 Å². The second kappa shape index (κ2) is 5.25.